The first-order chi connectivity index (χ1) is 14.9. The van der Waals surface area contributed by atoms with Crippen molar-refractivity contribution in [2.75, 3.05) is 6.61 Å². The molecule has 0 aliphatic rings. The number of rotatable bonds is 8. The van der Waals surface area contributed by atoms with Crippen molar-refractivity contribution >= 4 is 22.7 Å². The molecule has 0 bridgehead atoms. The predicted octanol–water partition coefficient (Wildman–Crippen LogP) is 4.44. The summed E-state index contributed by atoms with van der Waals surface area (Å²) in [5.74, 6) is -1.16. The molecule has 0 aliphatic heterocycles. The van der Waals surface area contributed by atoms with Gasteiger partial charge < -0.3 is 4.74 Å². The minimum absolute atomic E-state index is 0.121. The third kappa shape index (κ3) is 7.00. The average Bonchev–Trinajstić information content (AvgIpc) is 2.73. The van der Waals surface area contributed by atoms with Crippen molar-refractivity contribution in [1.82, 2.24) is 4.72 Å². The van der Waals surface area contributed by atoms with Crippen LogP contribution in [-0.4, -0.2) is 45.5 Å². The Bertz CT molecular complexity index is 901. The summed E-state index contributed by atoms with van der Waals surface area (Å²) in [6.45, 7) is 5.98. The zero-order valence-corrected chi connectivity index (χ0v) is 19.2. The number of aliphatic imine (C=N–C) groups is 1. The Kier molecular flexibility index (Phi) is 8.74. The lowest BCUT2D eigenvalue weighted by Crippen LogP contribution is -2.56. The first kappa shape index (κ1) is 25.7. The highest BCUT2D eigenvalue weighted by atomic mass is 32.2. The van der Waals surface area contributed by atoms with Crippen LogP contribution in [-0.2, 0) is 20.5 Å². The van der Waals surface area contributed by atoms with Crippen molar-refractivity contribution in [3.63, 3.8) is 0 Å². The van der Waals surface area contributed by atoms with Crippen LogP contribution in [0, 0.1) is 0 Å². The predicted molar refractivity (Wildman–Crippen MR) is 120 cm³/mol. The van der Waals surface area contributed by atoms with Crippen LogP contribution in [0.5, 0.6) is 0 Å². The number of halogens is 3. The number of ether oxygens (including phenoxy) is 1. The van der Waals surface area contributed by atoms with Crippen LogP contribution in [0.2, 0.25) is 0 Å². The molecule has 0 amide bonds. The Morgan fingerprint density at radius 2 is 1.47 bits per heavy atom. The van der Waals surface area contributed by atoms with E-state index in [-0.39, 0.29) is 12.3 Å². The largest absolute Gasteiger partial charge is 0.464 e. The van der Waals surface area contributed by atoms with Crippen LogP contribution < -0.4 is 4.72 Å². The lowest BCUT2D eigenvalue weighted by molar-refractivity contribution is -0.169. The molecule has 0 aromatic heterocycles. The molecule has 0 saturated heterocycles. The standard InChI is InChI=1S/C23H27F3N2O3S/c1-5-31-21(29)19(20(23(24,25)26)28-32(30)22(2,3)4)27-18(16-12-8-6-9-13-16)17-14-10-7-11-15-17/h6-15,19-20,28H,5H2,1-4H3/t19-,20-,32?/m0/s1. The molecule has 32 heavy (non-hydrogen) atoms. The lowest BCUT2D eigenvalue weighted by Gasteiger charge is -2.29. The number of nitrogens with zero attached hydrogens (tertiary/aromatic N) is 1. The molecular formula is C23H27F3N2O3S. The maximum absolute atomic E-state index is 14.1. The van der Waals surface area contributed by atoms with Gasteiger partial charge in [-0.25, -0.2) is 13.7 Å². The van der Waals surface area contributed by atoms with Gasteiger partial charge in [0, 0.05) is 11.1 Å². The highest BCUT2D eigenvalue weighted by molar-refractivity contribution is 7.84. The van der Waals surface area contributed by atoms with E-state index in [1.807, 2.05) is 0 Å². The zero-order valence-electron chi connectivity index (χ0n) is 18.3. The van der Waals surface area contributed by atoms with Gasteiger partial charge >= 0.3 is 12.1 Å². The maximum Gasteiger partial charge on any atom is 0.407 e. The second kappa shape index (κ2) is 10.9. The van der Waals surface area contributed by atoms with E-state index in [2.05, 4.69) is 9.71 Å². The van der Waals surface area contributed by atoms with E-state index < -0.39 is 40.0 Å². The molecule has 1 unspecified atom stereocenters. The van der Waals surface area contributed by atoms with Crippen LogP contribution in [0.4, 0.5) is 13.2 Å². The van der Waals surface area contributed by atoms with E-state index in [4.69, 9.17) is 4.74 Å². The number of hydrogen-bond donors (Lipinski definition) is 1. The minimum Gasteiger partial charge on any atom is -0.464 e. The van der Waals surface area contributed by atoms with Gasteiger partial charge in [0.1, 0.15) is 6.04 Å². The molecule has 174 valence electrons. The number of esters is 1. The molecule has 0 saturated carbocycles. The quantitative estimate of drug-likeness (QED) is 0.460. The Morgan fingerprint density at radius 3 is 1.84 bits per heavy atom. The van der Waals surface area contributed by atoms with E-state index in [9.17, 15) is 22.2 Å². The molecule has 3 atom stereocenters. The third-order valence-electron chi connectivity index (χ3n) is 4.35. The van der Waals surface area contributed by atoms with Crippen molar-refractivity contribution in [1.29, 1.82) is 0 Å². The number of nitrogens with one attached hydrogen (secondary N) is 1. The summed E-state index contributed by atoms with van der Waals surface area (Å²) >= 11 is 0. The van der Waals surface area contributed by atoms with Crippen molar-refractivity contribution in [2.45, 2.75) is 50.7 Å². The molecule has 2 rings (SSSR count). The molecule has 0 aliphatic carbocycles. The number of carbonyl (C=O) groups is 1. The summed E-state index contributed by atoms with van der Waals surface area (Å²) in [5.41, 5.74) is 1.26. The summed E-state index contributed by atoms with van der Waals surface area (Å²) in [7, 11) is -2.11. The second-order valence-electron chi connectivity index (χ2n) is 7.92. The topological polar surface area (TPSA) is 67.8 Å². The van der Waals surface area contributed by atoms with Crippen molar-refractivity contribution in [3.05, 3.63) is 71.8 Å². The van der Waals surface area contributed by atoms with Crippen LogP contribution >= 0.6 is 0 Å². The summed E-state index contributed by atoms with van der Waals surface area (Å²) < 4.78 is 60.9. The van der Waals surface area contributed by atoms with Gasteiger partial charge in [0.2, 0.25) is 0 Å². The van der Waals surface area contributed by atoms with Gasteiger partial charge in [-0.3, -0.25) is 4.99 Å². The van der Waals surface area contributed by atoms with E-state index in [0.717, 1.165) is 0 Å². The molecule has 0 spiro atoms. The minimum atomic E-state index is -4.92. The Hall–Kier alpha value is -2.52. The molecule has 1 N–H and O–H groups in total. The smallest absolute Gasteiger partial charge is 0.407 e. The zero-order chi connectivity index (χ0) is 23.9. The fraction of sp³-hybridized carbons (Fsp3) is 0.391. The van der Waals surface area contributed by atoms with Gasteiger partial charge in [-0.1, -0.05) is 60.7 Å². The van der Waals surface area contributed by atoms with Gasteiger partial charge in [0.05, 0.1) is 28.1 Å². The normalized spacial score (nSPS) is 14.8. The summed E-state index contributed by atoms with van der Waals surface area (Å²) in [6.07, 6.45) is -4.92. The summed E-state index contributed by atoms with van der Waals surface area (Å²) in [6, 6.07) is 12.7. The molecule has 0 fully saturated rings. The van der Waals surface area contributed by atoms with Crippen molar-refractivity contribution < 1.29 is 26.9 Å². The summed E-state index contributed by atoms with van der Waals surface area (Å²) in [4.78, 5) is 17.0. The van der Waals surface area contributed by atoms with Gasteiger partial charge in [0.15, 0.2) is 6.04 Å². The molecule has 2 aromatic carbocycles. The van der Waals surface area contributed by atoms with Crippen molar-refractivity contribution in [3.8, 4) is 0 Å². The van der Waals surface area contributed by atoms with E-state index in [0.29, 0.717) is 11.1 Å². The molecule has 0 radical (unpaired) electrons. The van der Waals surface area contributed by atoms with Crippen LogP contribution in [0.1, 0.15) is 38.8 Å². The summed E-state index contributed by atoms with van der Waals surface area (Å²) in [5, 5.41) is 0. The van der Waals surface area contributed by atoms with Crippen molar-refractivity contribution in [2.24, 2.45) is 4.99 Å². The number of hydrogen-bond acceptors (Lipinski definition) is 4. The van der Waals surface area contributed by atoms with E-state index >= 15 is 0 Å². The number of carbonyl (C=O) groups excluding carboxylic acids is 1. The highest BCUT2D eigenvalue weighted by Gasteiger charge is 2.50. The monoisotopic (exact) mass is 468 g/mol. The Morgan fingerprint density at radius 1 is 1.00 bits per heavy atom. The first-order valence-electron chi connectivity index (χ1n) is 10.0. The number of alkyl halides is 3. The van der Waals surface area contributed by atoms with Gasteiger partial charge in [0.25, 0.3) is 0 Å². The van der Waals surface area contributed by atoms with E-state index in [1.54, 1.807) is 60.7 Å². The number of benzene rings is 2. The molecule has 2 aromatic rings. The van der Waals surface area contributed by atoms with Gasteiger partial charge in [-0.15, -0.1) is 0 Å². The average molecular weight is 469 g/mol. The van der Waals surface area contributed by atoms with Gasteiger partial charge in [-0.05, 0) is 27.7 Å². The maximum atomic E-state index is 14.1. The second-order valence-corrected chi connectivity index (χ2v) is 9.92. The highest BCUT2D eigenvalue weighted by Crippen LogP contribution is 2.28. The molecular weight excluding hydrogens is 441 g/mol. The molecule has 0 heterocycles. The van der Waals surface area contributed by atoms with E-state index in [1.165, 1.54) is 27.7 Å². The lowest BCUT2D eigenvalue weighted by atomic mass is 10.0. The van der Waals surface area contributed by atoms with Crippen LogP contribution in [0.3, 0.4) is 0 Å². The van der Waals surface area contributed by atoms with Crippen LogP contribution in [0.15, 0.2) is 65.7 Å². The van der Waals surface area contributed by atoms with Gasteiger partial charge in [-0.2, -0.15) is 13.2 Å². The fourth-order valence-corrected chi connectivity index (χ4v) is 3.59. The SMILES string of the molecule is CCOC(=O)[C@@H](N=C(c1ccccc1)c1ccccc1)[C@H](NS(=O)C(C)(C)C)C(F)(F)F. The third-order valence-corrected chi connectivity index (χ3v) is 5.93. The Labute approximate surface area is 188 Å². The Balaban J connectivity index is 2.67. The first-order valence-corrected chi connectivity index (χ1v) is 11.2. The molecule has 9 heteroatoms. The molecule has 5 nitrogen and oxygen atoms in total. The van der Waals surface area contributed by atoms with Crippen LogP contribution in [0.25, 0.3) is 0 Å². The fourth-order valence-electron chi connectivity index (χ4n) is 2.74.